The molecule has 1 amide bonds. The van der Waals surface area contributed by atoms with Crippen LogP contribution in [0.4, 0.5) is 5.69 Å². The van der Waals surface area contributed by atoms with E-state index in [1.807, 2.05) is 30.3 Å². The van der Waals surface area contributed by atoms with Gasteiger partial charge in [-0.25, -0.2) is 4.99 Å². The third-order valence-corrected chi connectivity index (χ3v) is 3.87. The van der Waals surface area contributed by atoms with Gasteiger partial charge in [-0.15, -0.1) is 0 Å². The second kappa shape index (κ2) is 5.16. The van der Waals surface area contributed by atoms with Crippen LogP contribution in [0.15, 0.2) is 47.5 Å². The SMILES string of the molecule is CN1C(N)=Nc2cc(-c3ccccc3C(N)=O)ccc2C1N. The maximum atomic E-state index is 11.6. The van der Waals surface area contributed by atoms with Gasteiger partial charge in [0, 0.05) is 18.2 Å². The van der Waals surface area contributed by atoms with E-state index in [2.05, 4.69) is 4.99 Å². The van der Waals surface area contributed by atoms with Crippen molar-refractivity contribution in [3.8, 4) is 11.1 Å². The summed E-state index contributed by atoms with van der Waals surface area (Å²) >= 11 is 0. The number of hydrogen-bond acceptors (Lipinski definition) is 5. The van der Waals surface area contributed by atoms with Gasteiger partial charge in [0.15, 0.2) is 5.96 Å². The topological polar surface area (TPSA) is 111 Å². The van der Waals surface area contributed by atoms with Gasteiger partial charge in [0.25, 0.3) is 0 Å². The van der Waals surface area contributed by atoms with Gasteiger partial charge in [0.05, 0.1) is 5.69 Å². The minimum atomic E-state index is -0.465. The van der Waals surface area contributed by atoms with Crippen molar-refractivity contribution in [2.45, 2.75) is 6.17 Å². The number of aliphatic imine (C=N–C) groups is 1. The van der Waals surface area contributed by atoms with Crippen LogP contribution in [0.1, 0.15) is 22.1 Å². The molecule has 3 rings (SSSR count). The minimum Gasteiger partial charge on any atom is -0.369 e. The minimum absolute atomic E-state index is 0.340. The molecule has 0 aromatic heterocycles. The van der Waals surface area contributed by atoms with E-state index in [0.717, 1.165) is 16.7 Å². The molecule has 0 radical (unpaired) electrons. The number of primary amides is 1. The molecule has 0 saturated carbocycles. The highest BCUT2D eigenvalue weighted by molar-refractivity contribution is 6.00. The maximum absolute atomic E-state index is 11.6. The molecule has 1 aliphatic rings. The lowest BCUT2D eigenvalue weighted by Gasteiger charge is -2.31. The molecule has 0 saturated heterocycles. The highest BCUT2D eigenvalue weighted by atomic mass is 16.1. The Hall–Kier alpha value is -2.86. The first-order chi connectivity index (χ1) is 10.5. The molecule has 0 aliphatic carbocycles. The number of carbonyl (C=O) groups is 1. The van der Waals surface area contributed by atoms with E-state index in [9.17, 15) is 4.79 Å². The Kier molecular flexibility index (Phi) is 3.30. The fourth-order valence-corrected chi connectivity index (χ4v) is 2.56. The summed E-state index contributed by atoms with van der Waals surface area (Å²) < 4.78 is 0. The van der Waals surface area contributed by atoms with E-state index in [4.69, 9.17) is 17.2 Å². The molecule has 0 spiro atoms. The van der Waals surface area contributed by atoms with Crippen LogP contribution in [-0.2, 0) is 0 Å². The largest absolute Gasteiger partial charge is 0.369 e. The average molecular weight is 295 g/mol. The third kappa shape index (κ3) is 2.19. The number of nitrogens with two attached hydrogens (primary N) is 3. The fraction of sp³-hybridized carbons (Fsp3) is 0.125. The van der Waals surface area contributed by atoms with E-state index >= 15 is 0 Å². The number of carbonyl (C=O) groups excluding carboxylic acids is 1. The lowest BCUT2D eigenvalue weighted by atomic mass is 9.96. The van der Waals surface area contributed by atoms with Gasteiger partial charge < -0.3 is 22.1 Å². The summed E-state index contributed by atoms with van der Waals surface area (Å²) in [5.41, 5.74) is 21.1. The number of amides is 1. The smallest absolute Gasteiger partial charge is 0.249 e. The van der Waals surface area contributed by atoms with Crippen LogP contribution in [0.2, 0.25) is 0 Å². The van der Waals surface area contributed by atoms with Crippen molar-refractivity contribution >= 4 is 17.6 Å². The van der Waals surface area contributed by atoms with E-state index < -0.39 is 5.91 Å². The van der Waals surface area contributed by atoms with Crippen LogP contribution in [0.25, 0.3) is 11.1 Å². The van der Waals surface area contributed by atoms with Crippen molar-refractivity contribution in [2.75, 3.05) is 7.05 Å². The van der Waals surface area contributed by atoms with Gasteiger partial charge in [0.1, 0.15) is 6.17 Å². The normalized spacial score (nSPS) is 16.9. The predicted octanol–water partition coefficient (Wildman–Crippen LogP) is 1.30. The molecule has 2 aromatic carbocycles. The highest BCUT2D eigenvalue weighted by Gasteiger charge is 2.23. The van der Waals surface area contributed by atoms with Crippen LogP contribution < -0.4 is 17.2 Å². The molecule has 6 heteroatoms. The Labute approximate surface area is 128 Å². The van der Waals surface area contributed by atoms with Crippen molar-refractivity contribution in [1.29, 1.82) is 0 Å². The van der Waals surface area contributed by atoms with Crippen molar-refractivity contribution < 1.29 is 4.79 Å². The van der Waals surface area contributed by atoms with Crippen LogP contribution >= 0.6 is 0 Å². The molecule has 0 fully saturated rings. The van der Waals surface area contributed by atoms with E-state index in [-0.39, 0.29) is 6.17 Å². The lowest BCUT2D eigenvalue weighted by Crippen LogP contribution is -2.42. The number of fused-ring (bicyclic) bond motifs is 1. The number of hydrogen-bond donors (Lipinski definition) is 3. The average Bonchev–Trinajstić information content (AvgIpc) is 2.52. The number of benzene rings is 2. The van der Waals surface area contributed by atoms with E-state index in [1.165, 1.54) is 0 Å². The Morgan fingerprint density at radius 3 is 2.68 bits per heavy atom. The number of guanidine groups is 1. The van der Waals surface area contributed by atoms with Gasteiger partial charge in [-0.05, 0) is 23.3 Å². The Morgan fingerprint density at radius 2 is 1.95 bits per heavy atom. The third-order valence-electron chi connectivity index (χ3n) is 3.87. The second-order valence-electron chi connectivity index (χ2n) is 5.21. The van der Waals surface area contributed by atoms with Crippen molar-refractivity contribution in [3.63, 3.8) is 0 Å². The summed E-state index contributed by atoms with van der Waals surface area (Å²) in [4.78, 5) is 17.6. The Morgan fingerprint density at radius 1 is 1.23 bits per heavy atom. The monoisotopic (exact) mass is 295 g/mol. The van der Waals surface area contributed by atoms with Gasteiger partial charge in [-0.1, -0.05) is 30.3 Å². The number of rotatable bonds is 2. The first kappa shape index (κ1) is 14.1. The predicted molar refractivity (Wildman–Crippen MR) is 86.4 cm³/mol. The zero-order chi connectivity index (χ0) is 15.9. The summed E-state index contributed by atoms with van der Waals surface area (Å²) in [6, 6.07) is 12.9. The first-order valence-electron chi connectivity index (χ1n) is 6.85. The molecule has 6 nitrogen and oxygen atoms in total. The summed E-state index contributed by atoms with van der Waals surface area (Å²) in [6.07, 6.45) is -0.340. The van der Waals surface area contributed by atoms with Gasteiger partial charge in [0.2, 0.25) is 5.91 Å². The van der Waals surface area contributed by atoms with Crippen LogP contribution in [0.5, 0.6) is 0 Å². The first-order valence-corrected chi connectivity index (χ1v) is 6.85. The fourth-order valence-electron chi connectivity index (χ4n) is 2.56. The zero-order valence-electron chi connectivity index (χ0n) is 12.2. The molecule has 1 heterocycles. The summed E-state index contributed by atoms with van der Waals surface area (Å²) in [5.74, 6) is -0.104. The van der Waals surface area contributed by atoms with Crippen LogP contribution in [0, 0.1) is 0 Å². The molecule has 22 heavy (non-hydrogen) atoms. The van der Waals surface area contributed by atoms with Gasteiger partial charge in [-0.2, -0.15) is 0 Å². The lowest BCUT2D eigenvalue weighted by molar-refractivity contribution is 0.100. The quantitative estimate of drug-likeness (QED) is 0.775. The van der Waals surface area contributed by atoms with Gasteiger partial charge >= 0.3 is 0 Å². The zero-order valence-corrected chi connectivity index (χ0v) is 12.2. The van der Waals surface area contributed by atoms with Crippen LogP contribution in [0.3, 0.4) is 0 Å². The molecule has 0 bridgehead atoms. The van der Waals surface area contributed by atoms with Crippen molar-refractivity contribution in [3.05, 3.63) is 53.6 Å². The van der Waals surface area contributed by atoms with Crippen molar-refractivity contribution in [1.82, 2.24) is 4.90 Å². The van der Waals surface area contributed by atoms with Crippen LogP contribution in [-0.4, -0.2) is 23.8 Å². The molecule has 6 N–H and O–H groups in total. The molecular weight excluding hydrogens is 278 g/mol. The Bertz CT molecular complexity index is 784. The maximum Gasteiger partial charge on any atom is 0.249 e. The standard InChI is InChI=1S/C16H17N5O/c1-21-14(17)12-7-6-9(8-13(12)20-16(21)19)10-4-2-3-5-11(10)15(18)22/h2-8,14H,17H2,1H3,(H2,18,22)(H2,19,20). The molecule has 1 atom stereocenters. The summed E-state index contributed by atoms with van der Waals surface area (Å²) in [5, 5.41) is 0. The molecular formula is C16H17N5O. The molecule has 112 valence electrons. The summed E-state index contributed by atoms with van der Waals surface area (Å²) in [6.45, 7) is 0. The number of nitrogens with zero attached hydrogens (tertiary/aromatic N) is 2. The second-order valence-corrected chi connectivity index (χ2v) is 5.21. The Balaban J connectivity index is 2.14. The van der Waals surface area contributed by atoms with Gasteiger partial charge in [-0.3, -0.25) is 4.79 Å². The van der Waals surface area contributed by atoms with Crippen molar-refractivity contribution in [2.24, 2.45) is 22.2 Å². The highest BCUT2D eigenvalue weighted by Crippen LogP contribution is 2.35. The van der Waals surface area contributed by atoms with E-state index in [0.29, 0.717) is 17.2 Å². The molecule has 2 aromatic rings. The molecule has 1 aliphatic heterocycles. The van der Waals surface area contributed by atoms with E-state index in [1.54, 1.807) is 24.1 Å². The molecule has 1 unspecified atom stereocenters. The summed E-state index contributed by atoms with van der Waals surface area (Å²) in [7, 11) is 1.79.